The first-order valence-corrected chi connectivity index (χ1v) is 7.71. The van der Waals surface area contributed by atoms with Gasteiger partial charge in [-0.3, -0.25) is 4.72 Å². The van der Waals surface area contributed by atoms with E-state index in [1.807, 2.05) is 6.92 Å². The minimum absolute atomic E-state index is 0.00360. The Bertz CT molecular complexity index is 730. The number of nitrogens with one attached hydrogen (secondary N) is 1. The first kappa shape index (κ1) is 15.1. The highest BCUT2D eigenvalue weighted by Crippen LogP contribution is 2.24. The lowest BCUT2D eigenvalue weighted by Gasteiger charge is -2.11. The van der Waals surface area contributed by atoms with E-state index >= 15 is 0 Å². The van der Waals surface area contributed by atoms with Gasteiger partial charge in [0, 0.05) is 6.07 Å². The molecule has 21 heavy (non-hydrogen) atoms. The van der Waals surface area contributed by atoms with Gasteiger partial charge in [0.1, 0.15) is 11.6 Å². The van der Waals surface area contributed by atoms with Gasteiger partial charge in [-0.15, -0.1) is 0 Å². The van der Waals surface area contributed by atoms with Crippen LogP contribution in [-0.4, -0.2) is 15.0 Å². The Morgan fingerprint density at radius 2 is 1.86 bits per heavy atom. The Balaban J connectivity index is 2.27. The Labute approximate surface area is 122 Å². The van der Waals surface area contributed by atoms with Crippen molar-refractivity contribution in [3.63, 3.8) is 0 Å². The average Bonchev–Trinajstić information content (AvgIpc) is 2.44. The minimum Gasteiger partial charge on any atom is -0.494 e. The zero-order chi connectivity index (χ0) is 15.5. The molecule has 0 fully saturated rings. The second kappa shape index (κ2) is 6.01. The van der Waals surface area contributed by atoms with Crippen LogP contribution < -0.4 is 15.2 Å². The second-order valence-corrected chi connectivity index (χ2v) is 5.92. The Kier molecular flexibility index (Phi) is 4.32. The molecule has 0 atom stereocenters. The summed E-state index contributed by atoms with van der Waals surface area (Å²) in [6.07, 6.45) is 0. The molecule has 0 aliphatic rings. The van der Waals surface area contributed by atoms with Crippen LogP contribution in [0.15, 0.2) is 47.4 Å². The zero-order valence-corrected chi connectivity index (χ0v) is 12.2. The normalized spacial score (nSPS) is 11.1. The number of halogens is 1. The van der Waals surface area contributed by atoms with E-state index in [0.29, 0.717) is 12.4 Å². The highest BCUT2D eigenvalue weighted by atomic mass is 32.2. The summed E-state index contributed by atoms with van der Waals surface area (Å²) in [7, 11) is -3.84. The Morgan fingerprint density at radius 3 is 2.48 bits per heavy atom. The minimum atomic E-state index is -3.84. The largest absolute Gasteiger partial charge is 0.494 e. The number of ether oxygens (including phenoxy) is 1. The molecule has 112 valence electrons. The van der Waals surface area contributed by atoms with E-state index in [-0.39, 0.29) is 16.3 Å². The summed E-state index contributed by atoms with van der Waals surface area (Å²) < 4.78 is 45.1. The highest BCUT2D eigenvalue weighted by Gasteiger charge is 2.16. The molecule has 2 rings (SSSR count). The lowest BCUT2D eigenvalue weighted by atomic mass is 10.3. The molecule has 5 nitrogen and oxygen atoms in total. The van der Waals surface area contributed by atoms with Crippen molar-refractivity contribution in [1.82, 2.24) is 0 Å². The maximum atomic E-state index is 13.2. The number of anilines is 2. The number of nitrogen functional groups attached to an aromatic ring is 1. The Hall–Kier alpha value is -2.28. The van der Waals surface area contributed by atoms with Crippen LogP contribution in [0.5, 0.6) is 5.75 Å². The molecule has 2 aromatic rings. The van der Waals surface area contributed by atoms with E-state index in [0.717, 1.165) is 12.1 Å². The molecule has 0 saturated carbocycles. The van der Waals surface area contributed by atoms with Crippen molar-refractivity contribution in [2.24, 2.45) is 0 Å². The molecule has 0 aliphatic carbocycles. The van der Waals surface area contributed by atoms with Crippen molar-refractivity contribution in [1.29, 1.82) is 0 Å². The summed E-state index contributed by atoms with van der Waals surface area (Å²) in [4.78, 5) is 0.0367. The fourth-order valence-corrected chi connectivity index (χ4v) is 2.78. The summed E-state index contributed by atoms with van der Waals surface area (Å²) >= 11 is 0. The summed E-state index contributed by atoms with van der Waals surface area (Å²) in [5.74, 6) is -0.00434. The summed E-state index contributed by atoms with van der Waals surface area (Å²) in [5.41, 5.74) is 5.77. The predicted octanol–water partition coefficient (Wildman–Crippen LogP) is 2.61. The maximum Gasteiger partial charge on any atom is 0.261 e. The van der Waals surface area contributed by atoms with Gasteiger partial charge in [-0.25, -0.2) is 12.8 Å². The van der Waals surface area contributed by atoms with Gasteiger partial charge in [-0.2, -0.15) is 0 Å². The molecule has 2 aromatic carbocycles. The molecule has 3 N–H and O–H groups in total. The molecule has 0 bridgehead atoms. The zero-order valence-electron chi connectivity index (χ0n) is 11.3. The standard InChI is InChI=1S/C14H15FN2O3S/c1-2-20-11-4-6-12(7-5-11)21(18,19)17-14-9-10(15)3-8-13(14)16/h3-9,17H,2,16H2,1H3. The van der Waals surface area contributed by atoms with Crippen LogP contribution in [0.3, 0.4) is 0 Å². The number of rotatable bonds is 5. The third kappa shape index (κ3) is 3.63. The molecular weight excluding hydrogens is 295 g/mol. The lowest BCUT2D eigenvalue weighted by molar-refractivity contribution is 0.340. The summed E-state index contributed by atoms with van der Waals surface area (Å²) in [6.45, 7) is 2.32. The third-order valence-corrected chi connectivity index (χ3v) is 4.09. The first-order valence-electron chi connectivity index (χ1n) is 6.23. The maximum absolute atomic E-state index is 13.2. The molecule has 0 aliphatic heterocycles. The van der Waals surface area contributed by atoms with Gasteiger partial charge in [-0.05, 0) is 43.3 Å². The van der Waals surface area contributed by atoms with Crippen molar-refractivity contribution in [2.75, 3.05) is 17.1 Å². The SMILES string of the molecule is CCOc1ccc(S(=O)(=O)Nc2cc(F)ccc2N)cc1. The van der Waals surface area contributed by atoms with Gasteiger partial charge in [0.15, 0.2) is 0 Å². The summed E-state index contributed by atoms with van der Waals surface area (Å²) in [5, 5.41) is 0. The fourth-order valence-electron chi connectivity index (χ4n) is 1.70. The monoisotopic (exact) mass is 310 g/mol. The van der Waals surface area contributed by atoms with Gasteiger partial charge in [0.25, 0.3) is 10.0 Å². The van der Waals surface area contributed by atoms with Crippen LogP contribution in [0.1, 0.15) is 6.92 Å². The van der Waals surface area contributed by atoms with E-state index in [1.165, 1.54) is 18.2 Å². The molecule has 0 heterocycles. The van der Waals surface area contributed by atoms with E-state index < -0.39 is 15.8 Å². The fraction of sp³-hybridized carbons (Fsp3) is 0.143. The number of nitrogens with two attached hydrogens (primary N) is 1. The van der Waals surface area contributed by atoms with Gasteiger partial charge in [0.05, 0.1) is 22.9 Å². The van der Waals surface area contributed by atoms with Gasteiger partial charge >= 0.3 is 0 Å². The molecule has 0 saturated heterocycles. The number of sulfonamides is 1. The average molecular weight is 310 g/mol. The summed E-state index contributed by atoms with van der Waals surface area (Å²) in [6, 6.07) is 9.39. The van der Waals surface area contributed by atoms with Crippen LogP contribution >= 0.6 is 0 Å². The Morgan fingerprint density at radius 1 is 1.19 bits per heavy atom. The quantitative estimate of drug-likeness (QED) is 0.832. The van der Waals surface area contributed by atoms with Crippen LogP contribution in [0.25, 0.3) is 0 Å². The predicted molar refractivity (Wildman–Crippen MR) is 79.2 cm³/mol. The first-order chi connectivity index (χ1) is 9.92. The molecule has 0 amide bonds. The smallest absolute Gasteiger partial charge is 0.261 e. The molecule has 0 radical (unpaired) electrons. The van der Waals surface area contributed by atoms with Gasteiger partial charge in [-0.1, -0.05) is 0 Å². The topological polar surface area (TPSA) is 81.4 Å². The molecular formula is C14H15FN2O3S. The highest BCUT2D eigenvalue weighted by molar-refractivity contribution is 7.92. The van der Waals surface area contributed by atoms with Crippen LogP contribution in [0.4, 0.5) is 15.8 Å². The van der Waals surface area contributed by atoms with Crippen LogP contribution in [-0.2, 0) is 10.0 Å². The van der Waals surface area contributed by atoms with Gasteiger partial charge in [0.2, 0.25) is 0 Å². The number of hydrogen-bond donors (Lipinski definition) is 2. The van der Waals surface area contributed by atoms with E-state index in [4.69, 9.17) is 10.5 Å². The van der Waals surface area contributed by atoms with Crippen molar-refractivity contribution < 1.29 is 17.5 Å². The van der Waals surface area contributed by atoms with Gasteiger partial charge < -0.3 is 10.5 Å². The third-order valence-electron chi connectivity index (χ3n) is 2.70. The van der Waals surface area contributed by atoms with E-state index in [2.05, 4.69) is 4.72 Å². The van der Waals surface area contributed by atoms with E-state index in [1.54, 1.807) is 12.1 Å². The van der Waals surface area contributed by atoms with Crippen LogP contribution in [0.2, 0.25) is 0 Å². The molecule has 0 unspecified atom stereocenters. The molecule has 7 heteroatoms. The van der Waals surface area contributed by atoms with Crippen molar-refractivity contribution in [2.45, 2.75) is 11.8 Å². The van der Waals surface area contributed by atoms with Crippen LogP contribution in [0, 0.1) is 5.82 Å². The number of benzene rings is 2. The van der Waals surface area contributed by atoms with Crippen molar-refractivity contribution >= 4 is 21.4 Å². The van der Waals surface area contributed by atoms with Crippen molar-refractivity contribution in [3.8, 4) is 5.75 Å². The number of hydrogen-bond acceptors (Lipinski definition) is 4. The molecule has 0 spiro atoms. The second-order valence-electron chi connectivity index (χ2n) is 4.24. The molecule has 0 aromatic heterocycles. The lowest BCUT2D eigenvalue weighted by Crippen LogP contribution is -2.14. The van der Waals surface area contributed by atoms with Crippen molar-refractivity contribution in [3.05, 3.63) is 48.3 Å². The van der Waals surface area contributed by atoms with E-state index in [9.17, 15) is 12.8 Å².